The van der Waals surface area contributed by atoms with E-state index in [1.54, 1.807) is 25.1 Å². The fraction of sp³-hybridized carbons (Fsp3) is 0.208. The number of halogens is 1. The second kappa shape index (κ2) is 9.52. The summed E-state index contributed by atoms with van der Waals surface area (Å²) in [5.41, 5.74) is 7.12. The number of nitrogens with two attached hydrogens (primary N) is 1. The molecule has 0 saturated heterocycles. The van der Waals surface area contributed by atoms with Gasteiger partial charge < -0.3 is 25.6 Å². The fourth-order valence-electron chi connectivity index (χ4n) is 3.88. The van der Waals surface area contributed by atoms with Gasteiger partial charge in [0, 0.05) is 22.8 Å². The molecule has 4 rings (SSSR count). The number of primary amides is 1. The lowest BCUT2D eigenvalue weighted by Crippen LogP contribution is -2.22. The minimum Gasteiger partial charge on any atom is -0.490 e. The topological polar surface area (TPSA) is 128 Å². The Bertz CT molecular complexity index is 1270. The van der Waals surface area contributed by atoms with Crippen LogP contribution in [0.25, 0.3) is 11.1 Å². The van der Waals surface area contributed by atoms with Crippen molar-refractivity contribution in [2.45, 2.75) is 19.3 Å². The number of carboxylic acid groups (broad SMARTS) is 1. The minimum absolute atomic E-state index is 0.0512. The van der Waals surface area contributed by atoms with E-state index in [9.17, 15) is 23.9 Å². The fourth-order valence-corrected chi connectivity index (χ4v) is 5.12. The Morgan fingerprint density at radius 2 is 1.91 bits per heavy atom. The molecule has 8 nitrogen and oxygen atoms in total. The van der Waals surface area contributed by atoms with Gasteiger partial charge in [-0.25, -0.2) is 9.18 Å². The largest absolute Gasteiger partial charge is 0.490 e. The van der Waals surface area contributed by atoms with Crippen LogP contribution in [-0.4, -0.2) is 36.1 Å². The summed E-state index contributed by atoms with van der Waals surface area (Å²) in [6.45, 7) is 1.82. The van der Waals surface area contributed by atoms with E-state index in [2.05, 4.69) is 5.32 Å². The number of thiophene rings is 1. The molecule has 34 heavy (non-hydrogen) atoms. The highest BCUT2D eigenvalue weighted by Crippen LogP contribution is 2.50. The highest BCUT2D eigenvalue weighted by atomic mass is 32.1. The third-order valence-electron chi connectivity index (χ3n) is 5.27. The third-order valence-corrected chi connectivity index (χ3v) is 6.56. The van der Waals surface area contributed by atoms with E-state index in [0.717, 1.165) is 16.9 Å². The Balaban J connectivity index is 1.82. The molecule has 0 fully saturated rings. The van der Waals surface area contributed by atoms with E-state index < -0.39 is 23.6 Å². The highest BCUT2D eigenvalue weighted by Gasteiger charge is 2.35. The number of amides is 2. The van der Waals surface area contributed by atoms with Gasteiger partial charge in [0.05, 0.1) is 12.3 Å². The maximum absolute atomic E-state index is 13.5. The normalized spacial score (nSPS) is 14.8. The molecule has 4 N–H and O–H groups in total. The minimum atomic E-state index is -1.14. The number of ether oxygens (including phenoxy) is 2. The summed E-state index contributed by atoms with van der Waals surface area (Å²) in [5, 5.41) is 12.7. The van der Waals surface area contributed by atoms with Gasteiger partial charge in [0.1, 0.15) is 10.7 Å². The van der Waals surface area contributed by atoms with Crippen LogP contribution in [0.3, 0.4) is 0 Å². The van der Waals surface area contributed by atoms with Crippen molar-refractivity contribution in [3.8, 4) is 22.6 Å². The summed E-state index contributed by atoms with van der Waals surface area (Å²) in [7, 11) is 0. The first-order valence-corrected chi connectivity index (χ1v) is 11.2. The van der Waals surface area contributed by atoms with Crippen molar-refractivity contribution < 1.29 is 33.4 Å². The van der Waals surface area contributed by atoms with Gasteiger partial charge in [-0.05, 0) is 42.3 Å². The summed E-state index contributed by atoms with van der Waals surface area (Å²) >= 11 is 1.07. The Morgan fingerprint density at radius 1 is 1.18 bits per heavy atom. The highest BCUT2D eigenvalue weighted by molar-refractivity contribution is 7.15. The second-order valence-electron chi connectivity index (χ2n) is 7.56. The number of nitrogens with one attached hydrogen (secondary N) is 1. The molecule has 176 valence electrons. The standard InChI is InChI=1S/C24H21FN2O6S/c1-2-32-17-9-13(5-8-16(17)33-11-18(26)28)15-10-19(29)27-21-20(12-3-6-14(25)7-4-12)23(24(30)31)34-22(15)21/h3-9,15H,2,10-11H2,1H3,(H2,26,28)(H,27,29)(H,30,31)/t15-/m0/s1. The monoisotopic (exact) mass is 484 g/mol. The molecule has 1 aliphatic heterocycles. The van der Waals surface area contributed by atoms with Gasteiger partial charge in [-0.2, -0.15) is 0 Å². The third kappa shape index (κ3) is 4.58. The van der Waals surface area contributed by atoms with Gasteiger partial charge in [0.25, 0.3) is 5.91 Å². The quantitative estimate of drug-likeness (QED) is 0.444. The molecule has 0 unspecified atom stereocenters. The Kier molecular flexibility index (Phi) is 6.51. The zero-order valence-electron chi connectivity index (χ0n) is 18.1. The van der Waals surface area contributed by atoms with Crippen LogP contribution in [0, 0.1) is 5.82 Å². The molecular formula is C24H21FN2O6S. The van der Waals surface area contributed by atoms with Crippen LogP contribution < -0.4 is 20.5 Å². The van der Waals surface area contributed by atoms with Crippen molar-refractivity contribution in [1.29, 1.82) is 0 Å². The van der Waals surface area contributed by atoms with Crippen LogP contribution in [0.1, 0.15) is 39.4 Å². The molecule has 3 aromatic rings. The van der Waals surface area contributed by atoms with E-state index >= 15 is 0 Å². The average Bonchev–Trinajstić information content (AvgIpc) is 3.18. The number of anilines is 1. The van der Waals surface area contributed by atoms with E-state index in [1.165, 1.54) is 24.3 Å². The van der Waals surface area contributed by atoms with Crippen molar-refractivity contribution in [3.63, 3.8) is 0 Å². The maximum Gasteiger partial charge on any atom is 0.346 e. The van der Waals surface area contributed by atoms with Crippen LogP contribution >= 0.6 is 11.3 Å². The predicted octanol–water partition coefficient (Wildman–Crippen LogP) is 3.99. The lowest BCUT2D eigenvalue weighted by atomic mass is 9.88. The number of fused-ring (bicyclic) bond motifs is 1. The molecular weight excluding hydrogens is 463 g/mol. The molecule has 0 spiro atoms. The Labute approximate surface area is 198 Å². The lowest BCUT2D eigenvalue weighted by Gasteiger charge is -2.24. The molecule has 1 atom stereocenters. The van der Waals surface area contributed by atoms with Crippen molar-refractivity contribution in [2.24, 2.45) is 5.73 Å². The molecule has 0 saturated carbocycles. The van der Waals surface area contributed by atoms with Gasteiger partial charge >= 0.3 is 5.97 Å². The smallest absolute Gasteiger partial charge is 0.346 e. The van der Waals surface area contributed by atoms with Crippen LogP contribution in [0.2, 0.25) is 0 Å². The number of carbonyl (C=O) groups is 3. The summed E-state index contributed by atoms with van der Waals surface area (Å²) in [6, 6.07) is 10.5. The molecule has 1 aromatic heterocycles. The molecule has 2 heterocycles. The van der Waals surface area contributed by atoms with Gasteiger partial charge in [-0.3, -0.25) is 9.59 Å². The Morgan fingerprint density at radius 3 is 2.56 bits per heavy atom. The van der Waals surface area contributed by atoms with E-state index in [1.807, 2.05) is 0 Å². The van der Waals surface area contributed by atoms with Crippen LogP contribution in [0.4, 0.5) is 10.1 Å². The van der Waals surface area contributed by atoms with Crippen LogP contribution in [-0.2, 0) is 9.59 Å². The molecule has 1 aliphatic rings. The number of aromatic carboxylic acids is 1. The van der Waals surface area contributed by atoms with E-state index in [0.29, 0.717) is 39.8 Å². The summed E-state index contributed by atoms with van der Waals surface area (Å²) in [5.74, 6) is -2.23. The van der Waals surface area contributed by atoms with E-state index in [4.69, 9.17) is 15.2 Å². The average molecular weight is 485 g/mol. The predicted molar refractivity (Wildman–Crippen MR) is 124 cm³/mol. The SMILES string of the molecule is CCOc1cc([C@@H]2CC(=O)Nc3c2sc(C(=O)O)c3-c2ccc(F)cc2)ccc1OCC(N)=O. The zero-order valence-corrected chi connectivity index (χ0v) is 18.9. The number of hydrogen-bond acceptors (Lipinski definition) is 6. The first-order valence-electron chi connectivity index (χ1n) is 10.4. The van der Waals surface area contributed by atoms with Crippen molar-refractivity contribution in [3.05, 3.63) is 63.6 Å². The summed E-state index contributed by atoms with van der Waals surface area (Å²) in [4.78, 5) is 36.5. The number of carboxylic acids is 1. The van der Waals surface area contributed by atoms with Gasteiger partial charge in [0.2, 0.25) is 5.91 Å². The molecule has 0 bridgehead atoms. The van der Waals surface area contributed by atoms with Crippen LogP contribution in [0.15, 0.2) is 42.5 Å². The summed E-state index contributed by atoms with van der Waals surface area (Å²) < 4.78 is 24.6. The number of benzene rings is 2. The van der Waals surface area contributed by atoms with Crippen molar-refractivity contribution >= 4 is 34.8 Å². The van der Waals surface area contributed by atoms with Crippen LogP contribution in [0.5, 0.6) is 11.5 Å². The first-order chi connectivity index (χ1) is 16.3. The zero-order chi connectivity index (χ0) is 24.4. The molecule has 0 aliphatic carbocycles. The molecule has 2 aromatic carbocycles. The van der Waals surface area contributed by atoms with Crippen molar-refractivity contribution in [1.82, 2.24) is 0 Å². The van der Waals surface area contributed by atoms with Crippen molar-refractivity contribution in [2.75, 3.05) is 18.5 Å². The maximum atomic E-state index is 13.5. The van der Waals surface area contributed by atoms with Gasteiger partial charge in [-0.15, -0.1) is 11.3 Å². The number of rotatable bonds is 8. The molecule has 2 amide bonds. The van der Waals surface area contributed by atoms with E-state index in [-0.39, 0.29) is 23.8 Å². The van der Waals surface area contributed by atoms with Gasteiger partial charge in [0.15, 0.2) is 18.1 Å². The second-order valence-corrected chi connectivity index (χ2v) is 8.61. The summed E-state index contributed by atoms with van der Waals surface area (Å²) in [6.07, 6.45) is 0.0997. The number of hydrogen-bond donors (Lipinski definition) is 3. The molecule has 0 radical (unpaired) electrons. The van der Waals surface area contributed by atoms with Gasteiger partial charge in [-0.1, -0.05) is 18.2 Å². The molecule has 10 heteroatoms. The number of carbonyl (C=O) groups excluding carboxylic acids is 2. The lowest BCUT2D eigenvalue weighted by molar-refractivity contribution is -0.120. The first kappa shape index (κ1) is 23.2. The Hall–Kier alpha value is -3.92.